The van der Waals surface area contributed by atoms with Gasteiger partial charge in [-0.05, 0) is 62.0 Å². The molecule has 1 aromatic heterocycles. The second kappa shape index (κ2) is 6.46. The number of aromatic nitrogens is 1. The van der Waals surface area contributed by atoms with E-state index in [0.29, 0.717) is 11.6 Å². The first kappa shape index (κ1) is 14.4. The number of hydrogen-bond acceptors (Lipinski definition) is 3. The topological polar surface area (TPSA) is 54.0 Å². The van der Waals surface area contributed by atoms with Gasteiger partial charge in [0.2, 0.25) is 0 Å². The summed E-state index contributed by atoms with van der Waals surface area (Å²) in [7, 11) is 0. The molecule has 1 amide bonds. The molecule has 3 rings (SSSR count). The number of nitrogens with one attached hydrogen (secondary N) is 2. The predicted octanol–water partition coefficient (Wildman–Crippen LogP) is 3.07. The number of carbonyl (C=O) groups excluding carboxylic acids is 1. The van der Waals surface area contributed by atoms with Gasteiger partial charge in [0.15, 0.2) is 0 Å². The zero-order valence-corrected chi connectivity index (χ0v) is 12.8. The van der Waals surface area contributed by atoms with Gasteiger partial charge >= 0.3 is 0 Å². The molecule has 1 heterocycles. The molecule has 0 aliphatic heterocycles. The third-order valence-electron chi connectivity index (χ3n) is 4.49. The number of amides is 1. The molecule has 0 unspecified atom stereocenters. The van der Waals surface area contributed by atoms with Gasteiger partial charge in [-0.3, -0.25) is 4.79 Å². The van der Waals surface area contributed by atoms with Crippen LogP contribution in [0.4, 0.5) is 5.82 Å². The van der Waals surface area contributed by atoms with Crippen LogP contribution in [0.2, 0.25) is 0 Å². The maximum absolute atomic E-state index is 12.3. The molecule has 0 spiro atoms. The van der Waals surface area contributed by atoms with Gasteiger partial charge in [-0.25, -0.2) is 4.98 Å². The minimum Gasteiger partial charge on any atom is -0.370 e. The molecule has 114 valence electrons. The van der Waals surface area contributed by atoms with E-state index in [9.17, 15) is 4.79 Å². The SMILES string of the molecule is CCCNc1cccc(C(=O)NCC(C2CC2)C2CC2)n1. The van der Waals surface area contributed by atoms with Gasteiger partial charge in [0.25, 0.3) is 5.91 Å². The monoisotopic (exact) mass is 287 g/mol. The van der Waals surface area contributed by atoms with E-state index in [-0.39, 0.29) is 5.91 Å². The molecule has 2 fully saturated rings. The smallest absolute Gasteiger partial charge is 0.269 e. The fraction of sp³-hybridized carbons (Fsp3) is 0.647. The largest absolute Gasteiger partial charge is 0.370 e. The van der Waals surface area contributed by atoms with Crippen molar-refractivity contribution in [1.82, 2.24) is 10.3 Å². The summed E-state index contributed by atoms with van der Waals surface area (Å²) in [5.41, 5.74) is 0.515. The molecule has 0 bridgehead atoms. The van der Waals surface area contributed by atoms with Crippen LogP contribution in [0, 0.1) is 17.8 Å². The normalized spacial score (nSPS) is 17.8. The Balaban J connectivity index is 1.54. The van der Waals surface area contributed by atoms with Gasteiger partial charge in [-0.2, -0.15) is 0 Å². The van der Waals surface area contributed by atoms with Gasteiger partial charge in [-0.1, -0.05) is 13.0 Å². The summed E-state index contributed by atoms with van der Waals surface area (Å²) < 4.78 is 0. The average molecular weight is 287 g/mol. The molecule has 2 saturated carbocycles. The van der Waals surface area contributed by atoms with Crippen LogP contribution in [-0.2, 0) is 0 Å². The lowest BCUT2D eigenvalue weighted by Crippen LogP contribution is -2.31. The van der Waals surface area contributed by atoms with Gasteiger partial charge in [0.05, 0.1) is 0 Å². The van der Waals surface area contributed by atoms with Gasteiger partial charge in [0, 0.05) is 13.1 Å². The number of nitrogens with zero attached hydrogens (tertiary/aromatic N) is 1. The summed E-state index contributed by atoms with van der Waals surface area (Å²) in [4.78, 5) is 16.6. The number of pyridine rings is 1. The van der Waals surface area contributed by atoms with E-state index in [0.717, 1.165) is 37.2 Å². The summed E-state index contributed by atoms with van der Waals surface area (Å²) in [6.45, 7) is 3.81. The number of rotatable bonds is 8. The van der Waals surface area contributed by atoms with Crippen molar-refractivity contribution in [2.24, 2.45) is 17.8 Å². The fourth-order valence-corrected chi connectivity index (χ4v) is 2.98. The van der Waals surface area contributed by atoms with E-state index in [1.54, 1.807) is 6.07 Å². The molecule has 2 aliphatic rings. The van der Waals surface area contributed by atoms with Crippen LogP contribution in [0.1, 0.15) is 49.5 Å². The molecule has 0 saturated heterocycles. The molecule has 4 heteroatoms. The highest BCUT2D eigenvalue weighted by Crippen LogP contribution is 2.48. The molecular formula is C17H25N3O. The van der Waals surface area contributed by atoms with E-state index in [2.05, 4.69) is 22.5 Å². The molecule has 0 atom stereocenters. The summed E-state index contributed by atoms with van der Waals surface area (Å²) >= 11 is 0. The van der Waals surface area contributed by atoms with Crippen molar-refractivity contribution in [3.05, 3.63) is 23.9 Å². The van der Waals surface area contributed by atoms with E-state index >= 15 is 0 Å². The minimum atomic E-state index is -0.0403. The lowest BCUT2D eigenvalue weighted by Gasteiger charge is -2.16. The molecule has 2 N–H and O–H groups in total. The minimum absolute atomic E-state index is 0.0403. The summed E-state index contributed by atoms with van der Waals surface area (Å²) in [6, 6.07) is 5.58. The standard InChI is InChI=1S/C17H25N3O/c1-2-10-18-16-5-3-4-15(20-16)17(21)19-11-14(12-6-7-12)13-8-9-13/h3-5,12-14H,2,6-11H2,1H3,(H,18,20)(H,19,21). The van der Waals surface area contributed by atoms with Crippen molar-refractivity contribution in [1.29, 1.82) is 0 Å². The Hall–Kier alpha value is -1.58. The van der Waals surface area contributed by atoms with Crippen LogP contribution in [-0.4, -0.2) is 24.0 Å². The fourth-order valence-electron chi connectivity index (χ4n) is 2.98. The highest BCUT2D eigenvalue weighted by atomic mass is 16.1. The third-order valence-corrected chi connectivity index (χ3v) is 4.49. The van der Waals surface area contributed by atoms with Crippen LogP contribution >= 0.6 is 0 Å². The van der Waals surface area contributed by atoms with Crippen LogP contribution in [0.25, 0.3) is 0 Å². The van der Waals surface area contributed by atoms with Crippen molar-refractivity contribution in [3.8, 4) is 0 Å². The quantitative estimate of drug-likeness (QED) is 0.772. The van der Waals surface area contributed by atoms with Gasteiger partial charge < -0.3 is 10.6 Å². The first-order valence-corrected chi connectivity index (χ1v) is 8.27. The Labute approximate surface area is 126 Å². The number of hydrogen-bond donors (Lipinski definition) is 2. The van der Waals surface area contributed by atoms with Crippen molar-refractivity contribution in [3.63, 3.8) is 0 Å². The maximum Gasteiger partial charge on any atom is 0.269 e. The Kier molecular flexibility index (Phi) is 4.42. The molecule has 4 nitrogen and oxygen atoms in total. The third kappa shape index (κ3) is 3.96. The van der Waals surface area contributed by atoms with Gasteiger partial charge in [-0.15, -0.1) is 0 Å². The first-order chi connectivity index (χ1) is 10.3. The van der Waals surface area contributed by atoms with E-state index in [1.807, 2.05) is 12.1 Å². The highest BCUT2D eigenvalue weighted by molar-refractivity contribution is 5.92. The van der Waals surface area contributed by atoms with Crippen LogP contribution in [0.15, 0.2) is 18.2 Å². The van der Waals surface area contributed by atoms with E-state index in [1.165, 1.54) is 25.7 Å². The summed E-state index contributed by atoms with van der Waals surface area (Å²) in [6.07, 6.45) is 6.46. The predicted molar refractivity (Wildman–Crippen MR) is 84.3 cm³/mol. The number of anilines is 1. The Bertz CT molecular complexity index is 483. The maximum atomic E-state index is 12.3. The van der Waals surface area contributed by atoms with Crippen LogP contribution < -0.4 is 10.6 Å². The van der Waals surface area contributed by atoms with Gasteiger partial charge in [0.1, 0.15) is 11.5 Å². The average Bonchev–Trinajstić information content (AvgIpc) is 3.38. The lowest BCUT2D eigenvalue weighted by atomic mass is 9.98. The molecule has 0 radical (unpaired) electrons. The summed E-state index contributed by atoms with van der Waals surface area (Å²) in [5.74, 6) is 3.17. The highest BCUT2D eigenvalue weighted by Gasteiger charge is 2.41. The van der Waals surface area contributed by atoms with Crippen LogP contribution in [0.3, 0.4) is 0 Å². The van der Waals surface area contributed by atoms with Crippen molar-refractivity contribution in [2.45, 2.75) is 39.0 Å². The number of carbonyl (C=O) groups is 1. The van der Waals surface area contributed by atoms with Crippen LogP contribution in [0.5, 0.6) is 0 Å². The zero-order valence-electron chi connectivity index (χ0n) is 12.8. The zero-order chi connectivity index (χ0) is 14.7. The molecule has 0 aromatic carbocycles. The van der Waals surface area contributed by atoms with Crippen molar-refractivity contribution < 1.29 is 4.79 Å². The second-order valence-electron chi connectivity index (χ2n) is 6.38. The Morgan fingerprint density at radius 2 is 2.00 bits per heavy atom. The Morgan fingerprint density at radius 3 is 2.62 bits per heavy atom. The first-order valence-electron chi connectivity index (χ1n) is 8.27. The lowest BCUT2D eigenvalue weighted by molar-refractivity contribution is 0.0938. The molecule has 21 heavy (non-hydrogen) atoms. The van der Waals surface area contributed by atoms with E-state index < -0.39 is 0 Å². The van der Waals surface area contributed by atoms with Crippen molar-refractivity contribution in [2.75, 3.05) is 18.4 Å². The summed E-state index contributed by atoms with van der Waals surface area (Å²) in [5, 5.41) is 6.32. The van der Waals surface area contributed by atoms with E-state index in [4.69, 9.17) is 0 Å². The molecule has 1 aromatic rings. The molecular weight excluding hydrogens is 262 g/mol. The second-order valence-corrected chi connectivity index (χ2v) is 6.38. The molecule has 2 aliphatic carbocycles. The Morgan fingerprint density at radius 1 is 1.29 bits per heavy atom. The van der Waals surface area contributed by atoms with Crippen molar-refractivity contribution >= 4 is 11.7 Å².